The number of carbonyl (C=O) groups excluding carboxylic acids is 1. The molecule has 0 heterocycles. The van der Waals surface area contributed by atoms with Crippen LogP contribution in [0.3, 0.4) is 0 Å². The molecule has 1 amide bonds. The van der Waals surface area contributed by atoms with Gasteiger partial charge in [-0.15, -0.1) is 12.4 Å². The van der Waals surface area contributed by atoms with E-state index in [-0.39, 0.29) is 18.3 Å². The molecular weight excluding hydrogens is 324 g/mol. The molecule has 24 heavy (non-hydrogen) atoms. The Hall–Kier alpha value is -2.04. The molecule has 0 aliphatic heterocycles. The highest BCUT2D eigenvalue weighted by Gasteiger charge is 2.39. The third-order valence-electron chi connectivity index (χ3n) is 4.35. The number of halogens is 1. The third-order valence-corrected chi connectivity index (χ3v) is 4.35. The van der Waals surface area contributed by atoms with E-state index in [1.54, 1.807) is 0 Å². The number of para-hydroxylation sites is 1. The van der Waals surface area contributed by atoms with E-state index < -0.39 is 5.54 Å². The lowest BCUT2D eigenvalue weighted by Crippen LogP contribution is -2.58. The number of rotatable bonds is 6. The second kappa shape index (κ2) is 8.18. The Labute approximate surface area is 148 Å². The van der Waals surface area contributed by atoms with E-state index >= 15 is 0 Å². The molecule has 0 unspecified atom stereocenters. The van der Waals surface area contributed by atoms with E-state index in [0.29, 0.717) is 13.2 Å². The summed E-state index contributed by atoms with van der Waals surface area (Å²) in [7, 11) is 0. The van der Waals surface area contributed by atoms with Crippen LogP contribution in [0, 0.1) is 0 Å². The smallest absolute Gasteiger partial charge is 0.240 e. The number of hydrogen-bond acceptors (Lipinski definition) is 3. The van der Waals surface area contributed by atoms with Crippen LogP contribution in [0.2, 0.25) is 0 Å². The van der Waals surface area contributed by atoms with Crippen molar-refractivity contribution >= 4 is 18.3 Å². The van der Waals surface area contributed by atoms with Crippen LogP contribution in [-0.2, 0) is 17.9 Å². The number of benzene rings is 2. The lowest BCUT2D eigenvalue weighted by molar-refractivity contribution is -0.129. The summed E-state index contributed by atoms with van der Waals surface area (Å²) < 4.78 is 5.90. The minimum atomic E-state index is -0.667. The number of nitrogens with one attached hydrogen (secondary N) is 1. The summed E-state index contributed by atoms with van der Waals surface area (Å²) in [5, 5.41) is 2.94. The predicted molar refractivity (Wildman–Crippen MR) is 97.1 cm³/mol. The van der Waals surface area contributed by atoms with Gasteiger partial charge in [-0.1, -0.05) is 48.5 Å². The molecule has 0 saturated heterocycles. The van der Waals surface area contributed by atoms with Crippen molar-refractivity contribution < 1.29 is 9.53 Å². The molecule has 3 rings (SSSR count). The van der Waals surface area contributed by atoms with Gasteiger partial charge in [-0.3, -0.25) is 4.79 Å². The summed E-state index contributed by atoms with van der Waals surface area (Å²) in [5.74, 6) is 0.720. The van der Waals surface area contributed by atoms with Gasteiger partial charge in [0.15, 0.2) is 0 Å². The van der Waals surface area contributed by atoms with Crippen molar-refractivity contribution in [2.45, 2.75) is 38.0 Å². The van der Waals surface area contributed by atoms with Crippen molar-refractivity contribution in [3.8, 4) is 5.75 Å². The molecule has 2 aromatic carbocycles. The minimum absolute atomic E-state index is 0. The SMILES string of the molecule is Cl.NC1(C(=O)NCc2ccccc2OCc2ccccc2)CCC1. The van der Waals surface area contributed by atoms with Crippen LogP contribution in [0.25, 0.3) is 0 Å². The maximum atomic E-state index is 12.1. The van der Waals surface area contributed by atoms with Crippen LogP contribution >= 0.6 is 12.4 Å². The molecule has 1 fully saturated rings. The number of nitrogens with two attached hydrogens (primary N) is 1. The monoisotopic (exact) mass is 346 g/mol. The Bertz CT molecular complexity index is 672. The Morgan fingerprint density at radius 2 is 1.75 bits per heavy atom. The second-order valence-electron chi connectivity index (χ2n) is 6.07. The van der Waals surface area contributed by atoms with E-state index in [1.807, 2.05) is 54.6 Å². The van der Waals surface area contributed by atoms with E-state index in [1.165, 1.54) is 0 Å². The van der Waals surface area contributed by atoms with Crippen LogP contribution in [0.1, 0.15) is 30.4 Å². The second-order valence-corrected chi connectivity index (χ2v) is 6.07. The Balaban J connectivity index is 0.00000208. The van der Waals surface area contributed by atoms with Crippen LogP contribution in [-0.4, -0.2) is 11.4 Å². The van der Waals surface area contributed by atoms with Crippen LogP contribution in [0.4, 0.5) is 0 Å². The van der Waals surface area contributed by atoms with E-state index in [0.717, 1.165) is 36.1 Å². The van der Waals surface area contributed by atoms with Crippen LogP contribution in [0.5, 0.6) is 5.75 Å². The molecule has 0 spiro atoms. The average Bonchev–Trinajstić information content (AvgIpc) is 2.57. The number of ether oxygens (including phenoxy) is 1. The maximum Gasteiger partial charge on any atom is 0.240 e. The van der Waals surface area contributed by atoms with Gasteiger partial charge in [-0.25, -0.2) is 0 Å². The normalized spacial score (nSPS) is 14.9. The van der Waals surface area contributed by atoms with Crippen LogP contribution < -0.4 is 15.8 Å². The first-order valence-electron chi connectivity index (χ1n) is 7.99. The van der Waals surface area contributed by atoms with Gasteiger partial charge in [-0.2, -0.15) is 0 Å². The average molecular weight is 347 g/mol. The van der Waals surface area contributed by atoms with E-state index in [9.17, 15) is 4.79 Å². The quantitative estimate of drug-likeness (QED) is 0.844. The summed E-state index contributed by atoms with van der Waals surface area (Å²) in [6.07, 6.45) is 2.57. The van der Waals surface area contributed by atoms with Gasteiger partial charge in [0, 0.05) is 12.1 Å². The Morgan fingerprint density at radius 3 is 2.42 bits per heavy atom. The van der Waals surface area contributed by atoms with Crippen molar-refractivity contribution in [2.24, 2.45) is 5.73 Å². The molecule has 5 heteroatoms. The van der Waals surface area contributed by atoms with Crippen molar-refractivity contribution in [3.05, 3.63) is 65.7 Å². The summed E-state index contributed by atoms with van der Waals surface area (Å²) in [6, 6.07) is 17.8. The molecule has 0 radical (unpaired) electrons. The number of amides is 1. The largest absolute Gasteiger partial charge is 0.489 e. The van der Waals surface area contributed by atoms with Gasteiger partial charge in [0.05, 0.1) is 5.54 Å². The highest BCUT2D eigenvalue weighted by Crippen LogP contribution is 2.29. The summed E-state index contributed by atoms with van der Waals surface area (Å²) in [6.45, 7) is 0.940. The predicted octanol–water partition coefficient (Wildman–Crippen LogP) is 3.19. The van der Waals surface area contributed by atoms with Gasteiger partial charge in [-0.05, 0) is 30.9 Å². The zero-order valence-electron chi connectivity index (χ0n) is 13.5. The van der Waals surface area contributed by atoms with Gasteiger partial charge in [0.2, 0.25) is 5.91 Å². The minimum Gasteiger partial charge on any atom is -0.489 e. The van der Waals surface area contributed by atoms with E-state index in [4.69, 9.17) is 10.5 Å². The first-order valence-corrected chi connectivity index (χ1v) is 7.99. The maximum absolute atomic E-state index is 12.1. The standard InChI is InChI=1S/C19H22N2O2.ClH/c20-19(11-6-12-19)18(22)21-13-16-9-4-5-10-17(16)23-14-15-7-2-1-3-8-15;/h1-5,7-10H,6,11-14,20H2,(H,21,22);1H. The molecule has 1 saturated carbocycles. The first-order chi connectivity index (χ1) is 11.2. The first kappa shape index (κ1) is 18.3. The Kier molecular flexibility index (Phi) is 6.23. The van der Waals surface area contributed by atoms with Crippen molar-refractivity contribution in [2.75, 3.05) is 0 Å². The molecule has 0 atom stereocenters. The summed E-state index contributed by atoms with van der Waals surface area (Å²) >= 11 is 0. The van der Waals surface area contributed by atoms with Crippen molar-refractivity contribution in [1.29, 1.82) is 0 Å². The molecule has 4 nitrogen and oxygen atoms in total. The number of carbonyl (C=O) groups is 1. The van der Waals surface area contributed by atoms with Gasteiger partial charge < -0.3 is 15.8 Å². The fraction of sp³-hybridized carbons (Fsp3) is 0.316. The van der Waals surface area contributed by atoms with Crippen molar-refractivity contribution in [1.82, 2.24) is 5.32 Å². The zero-order valence-corrected chi connectivity index (χ0v) is 14.4. The van der Waals surface area contributed by atoms with E-state index in [2.05, 4.69) is 5.32 Å². The van der Waals surface area contributed by atoms with Gasteiger partial charge >= 0.3 is 0 Å². The fourth-order valence-corrected chi connectivity index (χ4v) is 2.66. The summed E-state index contributed by atoms with van der Waals surface area (Å²) in [4.78, 5) is 12.1. The molecule has 2 aromatic rings. The number of hydrogen-bond donors (Lipinski definition) is 2. The lowest BCUT2D eigenvalue weighted by atomic mass is 9.77. The zero-order chi connectivity index (χ0) is 16.1. The highest BCUT2D eigenvalue weighted by molar-refractivity contribution is 5.87. The molecule has 128 valence electrons. The third kappa shape index (κ3) is 4.28. The molecule has 3 N–H and O–H groups in total. The van der Waals surface area contributed by atoms with Crippen molar-refractivity contribution in [3.63, 3.8) is 0 Å². The van der Waals surface area contributed by atoms with Gasteiger partial charge in [0.25, 0.3) is 0 Å². The molecule has 1 aliphatic rings. The topological polar surface area (TPSA) is 64.4 Å². The molecular formula is C19H23ClN2O2. The Morgan fingerprint density at radius 1 is 1.08 bits per heavy atom. The summed E-state index contributed by atoms with van der Waals surface area (Å²) in [5.41, 5.74) is 7.44. The molecule has 1 aliphatic carbocycles. The van der Waals surface area contributed by atoms with Gasteiger partial charge in [0.1, 0.15) is 12.4 Å². The molecule has 0 bridgehead atoms. The lowest BCUT2D eigenvalue weighted by Gasteiger charge is -2.36. The molecule has 0 aromatic heterocycles. The highest BCUT2D eigenvalue weighted by atomic mass is 35.5. The van der Waals surface area contributed by atoms with Crippen LogP contribution in [0.15, 0.2) is 54.6 Å². The fourth-order valence-electron chi connectivity index (χ4n) is 2.66.